The van der Waals surface area contributed by atoms with E-state index in [0.717, 1.165) is 17.1 Å². The minimum Gasteiger partial charge on any atom is -0.486 e. The van der Waals surface area contributed by atoms with E-state index in [1.807, 2.05) is 25.1 Å². The van der Waals surface area contributed by atoms with Gasteiger partial charge in [0.1, 0.15) is 13.2 Å². The SMILES string of the molecule is C=CCOc1ccc(C)cc1OCC=C. The van der Waals surface area contributed by atoms with Gasteiger partial charge in [0.2, 0.25) is 0 Å². The molecule has 0 N–H and O–H groups in total. The van der Waals surface area contributed by atoms with Gasteiger partial charge in [0, 0.05) is 0 Å². The van der Waals surface area contributed by atoms with Gasteiger partial charge in [0.25, 0.3) is 0 Å². The Morgan fingerprint density at radius 1 is 1.07 bits per heavy atom. The van der Waals surface area contributed by atoms with Crippen LogP contribution in [-0.4, -0.2) is 13.2 Å². The lowest BCUT2D eigenvalue weighted by molar-refractivity contribution is 0.308. The van der Waals surface area contributed by atoms with Crippen molar-refractivity contribution in [2.24, 2.45) is 0 Å². The van der Waals surface area contributed by atoms with E-state index in [4.69, 9.17) is 9.47 Å². The van der Waals surface area contributed by atoms with Gasteiger partial charge in [-0.1, -0.05) is 31.4 Å². The van der Waals surface area contributed by atoms with E-state index < -0.39 is 0 Å². The van der Waals surface area contributed by atoms with Crippen LogP contribution in [0.2, 0.25) is 0 Å². The highest BCUT2D eigenvalue weighted by Gasteiger charge is 2.03. The summed E-state index contributed by atoms with van der Waals surface area (Å²) in [4.78, 5) is 0. The van der Waals surface area contributed by atoms with Gasteiger partial charge in [-0.3, -0.25) is 0 Å². The van der Waals surface area contributed by atoms with Crippen molar-refractivity contribution in [3.05, 3.63) is 49.1 Å². The van der Waals surface area contributed by atoms with Gasteiger partial charge in [-0.15, -0.1) is 0 Å². The minimum atomic E-state index is 0.480. The molecule has 0 unspecified atom stereocenters. The molecule has 0 bridgehead atoms. The molecule has 15 heavy (non-hydrogen) atoms. The van der Waals surface area contributed by atoms with Crippen LogP contribution in [0.1, 0.15) is 5.56 Å². The molecule has 80 valence electrons. The Balaban J connectivity index is 2.81. The van der Waals surface area contributed by atoms with Crippen LogP contribution in [0.4, 0.5) is 0 Å². The van der Waals surface area contributed by atoms with Crippen molar-refractivity contribution < 1.29 is 9.47 Å². The summed E-state index contributed by atoms with van der Waals surface area (Å²) < 4.78 is 10.9. The molecule has 0 heterocycles. The fraction of sp³-hybridized carbons (Fsp3) is 0.231. The molecule has 1 aromatic rings. The molecule has 0 fully saturated rings. The third-order valence-electron chi connectivity index (χ3n) is 1.81. The first kappa shape index (κ1) is 11.4. The van der Waals surface area contributed by atoms with Crippen molar-refractivity contribution in [3.8, 4) is 11.5 Å². The van der Waals surface area contributed by atoms with Crippen molar-refractivity contribution in [1.29, 1.82) is 0 Å². The molecule has 0 aromatic heterocycles. The summed E-state index contributed by atoms with van der Waals surface area (Å²) in [6.45, 7) is 10.2. The molecule has 0 spiro atoms. The van der Waals surface area contributed by atoms with Crippen LogP contribution in [0.5, 0.6) is 11.5 Å². The third-order valence-corrected chi connectivity index (χ3v) is 1.81. The Morgan fingerprint density at radius 3 is 2.27 bits per heavy atom. The maximum absolute atomic E-state index is 5.49. The smallest absolute Gasteiger partial charge is 0.161 e. The number of rotatable bonds is 6. The fourth-order valence-electron chi connectivity index (χ4n) is 1.14. The summed E-state index contributed by atoms with van der Waals surface area (Å²) in [7, 11) is 0. The van der Waals surface area contributed by atoms with Crippen molar-refractivity contribution >= 4 is 0 Å². The van der Waals surface area contributed by atoms with Crippen LogP contribution in [0, 0.1) is 6.92 Å². The zero-order valence-corrected chi connectivity index (χ0v) is 9.03. The molecule has 0 aliphatic carbocycles. The van der Waals surface area contributed by atoms with Crippen LogP contribution in [-0.2, 0) is 0 Å². The zero-order valence-electron chi connectivity index (χ0n) is 9.03. The first-order chi connectivity index (χ1) is 7.27. The average Bonchev–Trinajstić information content (AvgIpc) is 2.25. The largest absolute Gasteiger partial charge is 0.486 e. The van der Waals surface area contributed by atoms with Crippen LogP contribution in [0.3, 0.4) is 0 Å². The summed E-state index contributed by atoms with van der Waals surface area (Å²) >= 11 is 0. The Morgan fingerprint density at radius 2 is 1.67 bits per heavy atom. The van der Waals surface area contributed by atoms with E-state index in [1.165, 1.54) is 0 Å². The molecule has 2 heteroatoms. The molecular weight excluding hydrogens is 188 g/mol. The maximum atomic E-state index is 5.49. The lowest BCUT2D eigenvalue weighted by Crippen LogP contribution is -1.99. The van der Waals surface area contributed by atoms with E-state index in [9.17, 15) is 0 Å². The standard InChI is InChI=1S/C13H16O2/c1-4-8-14-12-7-6-11(3)10-13(12)15-9-5-2/h4-7,10H,1-2,8-9H2,3H3. The summed E-state index contributed by atoms with van der Waals surface area (Å²) in [6, 6.07) is 5.83. The lowest BCUT2D eigenvalue weighted by Gasteiger charge is -2.11. The van der Waals surface area contributed by atoms with Crippen LogP contribution in [0.15, 0.2) is 43.5 Å². The normalized spacial score (nSPS) is 9.40. The molecule has 2 nitrogen and oxygen atoms in total. The molecule has 1 rings (SSSR count). The third kappa shape index (κ3) is 3.50. The van der Waals surface area contributed by atoms with Gasteiger partial charge in [0.05, 0.1) is 0 Å². The van der Waals surface area contributed by atoms with Gasteiger partial charge in [-0.2, -0.15) is 0 Å². The highest BCUT2D eigenvalue weighted by molar-refractivity contribution is 5.42. The lowest BCUT2D eigenvalue weighted by atomic mass is 10.2. The van der Waals surface area contributed by atoms with Crippen molar-refractivity contribution in [2.75, 3.05) is 13.2 Å². The summed E-state index contributed by atoms with van der Waals surface area (Å²) in [6.07, 6.45) is 3.41. The monoisotopic (exact) mass is 204 g/mol. The van der Waals surface area contributed by atoms with Gasteiger partial charge in [-0.05, 0) is 24.6 Å². The first-order valence-corrected chi connectivity index (χ1v) is 4.86. The van der Waals surface area contributed by atoms with Gasteiger partial charge >= 0.3 is 0 Å². The predicted octanol–water partition coefficient (Wildman–Crippen LogP) is 3.12. The van der Waals surface area contributed by atoms with E-state index in [-0.39, 0.29) is 0 Å². The molecule has 0 saturated heterocycles. The van der Waals surface area contributed by atoms with Gasteiger partial charge in [0.15, 0.2) is 11.5 Å². The average molecular weight is 204 g/mol. The number of hydrogen-bond acceptors (Lipinski definition) is 2. The molecule has 1 aromatic carbocycles. The highest BCUT2D eigenvalue weighted by Crippen LogP contribution is 2.28. The van der Waals surface area contributed by atoms with Gasteiger partial charge < -0.3 is 9.47 Å². The summed E-state index contributed by atoms with van der Waals surface area (Å²) in [5.74, 6) is 1.49. The van der Waals surface area contributed by atoms with E-state index >= 15 is 0 Å². The quantitative estimate of drug-likeness (QED) is 0.663. The van der Waals surface area contributed by atoms with E-state index in [1.54, 1.807) is 12.2 Å². The molecule has 0 saturated carbocycles. The van der Waals surface area contributed by atoms with Gasteiger partial charge in [-0.25, -0.2) is 0 Å². The van der Waals surface area contributed by atoms with E-state index in [0.29, 0.717) is 13.2 Å². The zero-order chi connectivity index (χ0) is 11.1. The van der Waals surface area contributed by atoms with Crippen LogP contribution >= 0.6 is 0 Å². The van der Waals surface area contributed by atoms with Crippen molar-refractivity contribution in [1.82, 2.24) is 0 Å². The molecule has 0 aliphatic rings. The number of ether oxygens (including phenoxy) is 2. The Kier molecular flexibility index (Phi) is 4.48. The molecule has 0 aliphatic heterocycles. The van der Waals surface area contributed by atoms with Crippen molar-refractivity contribution in [3.63, 3.8) is 0 Å². The molecule has 0 radical (unpaired) electrons. The second-order valence-electron chi connectivity index (χ2n) is 3.15. The predicted molar refractivity (Wildman–Crippen MR) is 62.6 cm³/mol. The van der Waals surface area contributed by atoms with Crippen molar-refractivity contribution in [2.45, 2.75) is 6.92 Å². The van der Waals surface area contributed by atoms with Crippen LogP contribution < -0.4 is 9.47 Å². The Bertz CT molecular complexity index is 342. The first-order valence-electron chi connectivity index (χ1n) is 4.86. The van der Waals surface area contributed by atoms with Crippen LogP contribution in [0.25, 0.3) is 0 Å². The highest BCUT2D eigenvalue weighted by atomic mass is 16.5. The summed E-state index contributed by atoms with van der Waals surface area (Å²) in [5.41, 5.74) is 1.14. The topological polar surface area (TPSA) is 18.5 Å². The second-order valence-corrected chi connectivity index (χ2v) is 3.15. The van der Waals surface area contributed by atoms with E-state index in [2.05, 4.69) is 13.2 Å². The number of hydrogen-bond donors (Lipinski definition) is 0. The Labute approximate surface area is 90.8 Å². The molecule has 0 atom stereocenters. The molecule has 0 amide bonds. The number of benzene rings is 1. The molecular formula is C13H16O2. The minimum absolute atomic E-state index is 0.480. The summed E-state index contributed by atoms with van der Waals surface area (Å²) in [5, 5.41) is 0. The second kappa shape index (κ2) is 5.91. The Hall–Kier alpha value is -1.70. The fourth-order valence-corrected chi connectivity index (χ4v) is 1.14. The number of aryl methyl sites for hydroxylation is 1. The maximum Gasteiger partial charge on any atom is 0.161 e.